The van der Waals surface area contributed by atoms with E-state index in [0.29, 0.717) is 26.7 Å². The summed E-state index contributed by atoms with van der Waals surface area (Å²) in [5.41, 5.74) is 4.84. The van der Waals surface area contributed by atoms with Crippen molar-refractivity contribution in [2.45, 2.75) is 6.92 Å². The van der Waals surface area contributed by atoms with E-state index in [-0.39, 0.29) is 11.7 Å². The molecule has 0 aliphatic carbocycles. The van der Waals surface area contributed by atoms with Crippen LogP contribution in [0.25, 0.3) is 0 Å². The van der Waals surface area contributed by atoms with E-state index >= 15 is 0 Å². The van der Waals surface area contributed by atoms with Gasteiger partial charge in [0.1, 0.15) is 0 Å². The van der Waals surface area contributed by atoms with Crippen LogP contribution >= 0.6 is 27.5 Å². The fourth-order valence-electron chi connectivity index (χ4n) is 2.33. The first-order valence-electron chi connectivity index (χ1n) is 8.20. The number of hydrogen-bond donors (Lipinski definition) is 2. The monoisotopic (exact) mass is 459 g/mol. The lowest BCUT2D eigenvalue weighted by Crippen LogP contribution is -2.18. The number of anilines is 1. The van der Waals surface area contributed by atoms with E-state index in [2.05, 4.69) is 31.8 Å². The third kappa shape index (κ3) is 4.88. The number of furan rings is 1. The fourth-order valence-corrected chi connectivity index (χ4v) is 2.86. The molecular formula is C20H15BrClN3O3. The van der Waals surface area contributed by atoms with Crippen LogP contribution in [0, 0.1) is 0 Å². The van der Waals surface area contributed by atoms with Gasteiger partial charge in [0.05, 0.1) is 16.3 Å². The Bertz CT molecular complexity index is 1040. The highest BCUT2D eigenvalue weighted by molar-refractivity contribution is 9.10. The number of nitrogens with one attached hydrogen (secondary N) is 2. The molecule has 0 atom stereocenters. The van der Waals surface area contributed by atoms with Crippen molar-refractivity contribution >= 4 is 50.7 Å². The maximum absolute atomic E-state index is 12.3. The van der Waals surface area contributed by atoms with Gasteiger partial charge in [0.2, 0.25) is 0 Å². The van der Waals surface area contributed by atoms with Gasteiger partial charge < -0.3 is 9.73 Å². The van der Waals surface area contributed by atoms with Gasteiger partial charge in [0.15, 0.2) is 10.4 Å². The molecule has 2 aromatic carbocycles. The summed E-state index contributed by atoms with van der Waals surface area (Å²) in [5, 5.41) is 7.24. The van der Waals surface area contributed by atoms with Gasteiger partial charge in [-0.3, -0.25) is 9.59 Å². The van der Waals surface area contributed by atoms with E-state index in [0.717, 1.165) is 5.56 Å². The lowest BCUT2D eigenvalue weighted by molar-refractivity contribution is 0.0925. The van der Waals surface area contributed by atoms with Gasteiger partial charge in [-0.15, -0.1) is 0 Å². The van der Waals surface area contributed by atoms with Gasteiger partial charge in [-0.25, -0.2) is 5.43 Å². The molecule has 6 nitrogen and oxygen atoms in total. The molecule has 0 spiro atoms. The number of rotatable bonds is 5. The number of hydrazone groups is 1. The van der Waals surface area contributed by atoms with Crippen molar-refractivity contribution in [3.8, 4) is 0 Å². The van der Waals surface area contributed by atoms with Crippen molar-refractivity contribution in [3.05, 3.63) is 87.2 Å². The number of carbonyl (C=O) groups is 2. The molecule has 0 bridgehead atoms. The van der Waals surface area contributed by atoms with E-state index < -0.39 is 5.91 Å². The molecule has 0 radical (unpaired) electrons. The number of benzene rings is 2. The maximum atomic E-state index is 12.3. The minimum absolute atomic E-state index is 0.154. The number of nitrogens with zero attached hydrogens (tertiary/aromatic N) is 1. The van der Waals surface area contributed by atoms with Gasteiger partial charge >= 0.3 is 5.91 Å². The Morgan fingerprint density at radius 1 is 1.00 bits per heavy atom. The average Bonchev–Trinajstić information content (AvgIpc) is 3.13. The topological polar surface area (TPSA) is 83.7 Å². The maximum Gasteiger partial charge on any atom is 0.307 e. The predicted molar refractivity (Wildman–Crippen MR) is 112 cm³/mol. The van der Waals surface area contributed by atoms with Crippen molar-refractivity contribution in [1.29, 1.82) is 0 Å². The summed E-state index contributed by atoms with van der Waals surface area (Å²) in [4.78, 5) is 24.2. The zero-order valence-electron chi connectivity index (χ0n) is 14.7. The Balaban J connectivity index is 1.64. The first-order chi connectivity index (χ1) is 13.4. The molecule has 0 unspecified atom stereocenters. The second-order valence-corrected chi connectivity index (χ2v) is 6.94. The minimum Gasteiger partial charge on any atom is -0.444 e. The van der Waals surface area contributed by atoms with Crippen molar-refractivity contribution in [2.24, 2.45) is 5.10 Å². The molecule has 8 heteroatoms. The minimum atomic E-state index is -0.450. The molecule has 1 aromatic heterocycles. The van der Waals surface area contributed by atoms with Crippen LogP contribution in [0.5, 0.6) is 0 Å². The SMILES string of the molecule is CC(=NNC(=O)c1ccc(Br)o1)c1ccc(NC(=O)c2ccccc2Cl)cc1. The Morgan fingerprint density at radius 2 is 1.71 bits per heavy atom. The average molecular weight is 461 g/mol. The van der Waals surface area contributed by atoms with Crippen LogP contribution in [0.15, 0.2) is 74.9 Å². The molecule has 0 aliphatic rings. The molecule has 2 N–H and O–H groups in total. The van der Waals surface area contributed by atoms with Gasteiger partial charge in [0, 0.05) is 5.69 Å². The van der Waals surface area contributed by atoms with Crippen molar-refractivity contribution in [1.82, 2.24) is 5.43 Å². The predicted octanol–water partition coefficient (Wildman–Crippen LogP) is 5.10. The third-order valence-electron chi connectivity index (χ3n) is 3.80. The normalized spacial score (nSPS) is 11.2. The summed E-state index contributed by atoms with van der Waals surface area (Å²) in [6.45, 7) is 1.76. The molecule has 0 saturated heterocycles. The smallest absolute Gasteiger partial charge is 0.307 e. The molecule has 0 fully saturated rings. The van der Waals surface area contributed by atoms with E-state index in [1.165, 1.54) is 0 Å². The Morgan fingerprint density at radius 3 is 2.36 bits per heavy atom. The lowest BCUT2D eigenvalue weighted by Gasteiger charge is -2.08. The summed E-state index contributed by atoms with van der Waals surface area (Å²) in [6.07, 6.45) is 0. The summed E-state index contributed by atoms with van der Waals surface area (Å²) >= 11 is 9.18. The highest BCUT2D eigenvalue weighted by atomic mass is 79.9. The molecule has 0 saturated carbocycles. The number of halogens is 2. The second-order valence-electron chi connectivity index (χ2n) is 5.75. The number of carbonyl (C=O) groups excluding carboxylic acids is 2. The van der Waals surface area contributed by atoms with E-state index in [9.17, 15) is 9.59 Å². The Hall–Kier alpha value is -2.90. The second kappa shape index (κ2) is 8.86. The largest absolute Gasteiger partial charge is 0.444 e. The first kappa shape index (κ1) is 19.9. The van der Waals surface area contributed by atoms with Crippen LogP contribution in [0.4, 0.5) is 5.69 Å². The Kier molecular flexibility index (Phi) is 6.28. The van der Waals surface area contributed by atoms with E-state index in [4.69, 9.17) is 16.0 Å². The molecule has 142 valence electrons. The molecule has 28 heavy (non-hydrogen) atoms. The summed E-state index contributed by atoms with van der Waals surface area (Å²) < 4.78 is 5.63. The zero-order chi connectivity index (χ0) is 20.1. The zero-order valence-corrected chi connectivity index (χ0v) is 17.0. The summed E-state index contributed by atoms with van der Waals surface area (Å²) in [5.74, 6) is -0.588. The molecule has 0 aliphatic heterocycles. The van der Waals surface area contributed by atoms with Gasteiger partial charge in [0.25, 0.3) is 5.91 Å². The standard InChI is InChI=1S/C20H15BrClN3O3/c1-12(24-25-20(27)17-10-11-18(21)28-17)13-6-8-14(9-7-13)23-19(26)15-4-2-3-5-16(15)22/h2-11H,1H3,(H,23,26)(H,25,27). The van der Waals surface area contributed by atoms with Gasteiger partial charge in [-0.1, -0.05) is 35.9 Å². The van der Waals surface area contributed by atoms with Crippen molar-refractivity contribution < 1.29 is 14.0 Å². The molecule has 3 rings (SSSR count). The van der Waals surface area contributed by atoms with Crippen LogP contribution in [0.1, 0.15) is 33.4 Å². The highest BCUT2D eigenvalue weighted by Gasteiger charge is 2.11. The molecule has 1 heterocycles. The van der Waals surface area contributed by atoms with Gasteiger partial charge in [-0.2, -0.15) is 5.10 Å². The molecular weight excluding hydrogens is 446 g/mol. The van der Waals surface area contributed by atoms with Gasteiger partial charge in [-0.05, 0) is 64.8 Å². The third-order valence-corrected chi connectivity index (χ3v) is 4.56. The fraction of sp³-hybridized carbons (Fsp3) is 0.0500. The van der Waals surface area contributed by atoms with Crippen molar-refractivity contribution in [2.75, 3.05) is 5.32 Å². The van der Waals surface area contributed by atoms with E-state index in [1.807, 2.05) is 0 Å². The quantitative estimate of drug-likeness (QED) is 0.410. The molecule has 3 aromatic rings. The van der Waals surface area contributed by atoms with E-state index in [1.54, 1.807) is 67.6 Å². The van der Waals surface area contributed by atoms with Crippen LogP contribution in [-0.2, 0) is 0 Å². The lowest BCUT2D eigenvalue weighted by atomic mass is 10.1. The van der Waals surface area contributed by atoms with Crippen LogP contribution in [0.3, 0.4) is 0 Å². The number of amides is 2. The molecule has 2 amide bonds. The summed E-state index contributed by atoms with van der Waals surface area (Å²) in [7, 11) is 0. The first-order valence-corrected chi connectivity index (χ1v) is 9.37. The van der Waals surface area contributed by atoms with Crippen LogP contribution < -0.4 is 10.7 Å². The van der Waals surface area contributed by atoms with Crippen molar-refractivity contribution in [3.63, 3.8) is 0 Å². The highest BCUT2D eigenvalue weighted by Crippen LogP contribution is 2.18. The summed E-state index contributed by atoms with van der Waals surface area (Å²) in [6, 6.07) is 17.1. The Labute approximate surface area is 174 Å². The van der Waals surface area contributed by atoms with Crippen LogP contribution in [-0.4, -0.2) is 17.5 Å². The number of hydrogen-bond acceptors (Lipinski definition) is 4. The van der Waals surface area contributed by atoms with Crippen LogP contribution in [0.2, 0.25) is 5.02 Å².